The van der Waals surface area contributed by atoms with Crippen molar-refractivity contribution in [1.29, 1.82) is 0 Å². The second-order valence-corrected chi connectivity index (χ2v) is 8.07. The van der Waals surface area contributed by atoms with Gasteiger partial charge < -0.3 is 4.42 Å². The van der Waals surface area contributed by atoms with E-state index in [9.17, 15) is 0 Å². The summed E-state index contributed by atoms with van der Waals surface area (Å²) >= 11 is 3.67. The van der Waals surface area contributed by atoms with E-state index in [1.165, 1.54) is 27.3 Å². The van der Waals surface area contributed by atoms with Gasteiger partial charge in [-0.2, -0.15) is 0 Å². The van der Waals surface area contributed by atoms with Crippen LogP contribution < -0.4 is 0 Å². The van der Waals surface area contributed by atoms with Crippen LogP contribution in [-0.2, 0) is 0 Å². The number of fused-ring (bicyclic) bond motifs is 6. The number of furan rings is 1. The van der Waals surface area contributed by atoms with Gasteiger partial charge in [0.15, 0.2) is 0 Å². The maximum absolute atomic E-state index is 6.26. The maximum Gasteiger partial charge on any atom is 0.143 e. The summed E-state index contributed by atoms with van der Waals surface area (Å²) in [5.41, 5.74) is 4.31. The lowest BCUT2D eigenvalue weighted by molar-refractivity contribution is 0.672. The fourth-order valence-corrected chi connectivity index (χ4v) is 4.66. The average molecular weight is 423 g/mol. The summed E-state index contributed by atoms with van der Waals surface area (Å²) in [6.07, 6.45) is 0. The first-order valence-electron chi connectivity index (χ1n) is 9.31. The first-order chi connectivity index (χ1) is 13.8. The van der Waals surface area contributed by atoms with Crippen LogP contribution in [0.4, 0.5) is 0 Å². The fourth-order valence-electron chi connectivity index (χ4n) is 4.18. The summed E-state index contributed by atoms with van der Waals surface area (Å²) in [6.45, 7) is 0. The molecular weight excluding hydrogens is 408 g/mol. The van der Waals surface area contributed by atoms with Gasteiger partial charge in [-0.25, -0.2) is 0 Å². The van der Waals surface area contributed by atoms with Gasteiger partial charge in [-0.15, -0.1) is 0 Å². The van der Waals surface area contributed by atoms with Gasteiger partial charge in [0.2, 0.25) is 0 Å². The first kappa shape index (κ1) is 15.9. The molecule has 1 heterocycles. The molecule has 0 aliphatic rings. The van der Waals surface area contributed by atoms with E-state index in [1.807, 2.05) is 0 Å². The quantitative estimate of drug-likeness (QED) is 0.259. The zero-order valence-corrected chi connectivity index (χ0v) is 16.5. The summed E-state index contributed by atoms with van der Waals surface area (Å²) < 4.78 is 7.35. The average Bonchev–Trinajstić information content (AvgIpc) is 3.11. The Labute approximate surface area is 170 Å². The molecule has 0 atom stereocenters. The van der Waals surface area contributed by atoms with Crippen LogP contribution in [0, 0.1) is 0 Å². The highest BCUT2D eigenvalue weighted by Crippen LogP contribution is 2.38. The molecule has 6 rings (SSSR count). The van der Waals surface area contributed by atoms with E-state index >= 15 is 0 Å². The van der Waals surface area contributed by atoms with Crippen LogP contribution in [0.15, 0.2) is 99.9 Å². The number of halogens is 1. The van der Waals surface area contributed by atoms with Crippen molar-refractivity contribution >= 4 is 59.4 Å². The van der Waals surface area contributed by atoms with Crippen LogP contribution >= 0.6 is 15.9 Å². The molecular formula is C26H15BrO. The van der Waals surface area contributed by atoms with Crippen LogP contribution in [-0.4, -0.2) is 0 Å². The summed E-state index contributed by atoms with van der Waals surface area (Å²) in [5, 5.41) is 7.16. The van der Waals surface area contributed by atoms with Crippen LogP contribution in [0.1, 0.15) is 0 Å². The molecule has 5 aromatic carbocycles. The van der Waals surface area contributed by atoms with Gasteiger partial charge in [0, 0.05) is 20.6 Å². The largest absolute Gasteiger partial charge is 0.455 e. The van der Waals surface area contributed by atoms with Crippen molar-refractivity contribution in [3.05, 3.63) is 95.5 Å². The Kier molecular flexibility index (Phi) is 3.38. The van der Waals surface area contributed by atoms with Crippen molar-refractivity contribution in [3.8, 4) is 11.1 Å². The predicted octanol–water partition coefficient (Wildman–Crippen LogP) is 8.32. The molecule has 0 amide bonds. The molecule has 0 N–H and O–H groups in total. The minimum Gasteiger partial charge on any atom is -0.455 e. The Hall–Kier alpha value is -3.10. The van der Waals surface area contributed by atoms with Crippen LogP contribution in [0.5, 0.6) is 0 Å². The molecule has 0 spiro atoms. The molecule has 0 fully saturated rings. The lowest BCUT2D eigenvalue weighted by atomic mass is 9.97. The third-order valence-electron chi connectivity index (χ3n) is 5.50. The molecule has 2 heteroatoms. The van der Waals surface area contributed by atoms with Gasteiger partial charge in [-0.05, 0) is 57.6 Å². The molecule has 28 heavy (non-hydrogen) atoms. The lowest BCUT2D eigenvalue weighted by Crippen LogP contribution is -1.82. The summed E-state index contributed by atoms with van der Waals surface area (Å²) in [5.74, 6) is 0. The third kappa shape index (κ3) is 2.31. The first-order valence-corrected chi connectivity index (χ1v) is 10.1. The van der Waals surface area contributed by atoms with Crippen molar-refractivity contribution < 1.29 is 4.42 Å². The molecule has 0 saturated heterocycles. The normalized spacial score (nSPS) is 11.8. The Morgan fingerprint density at radius 3 is 2.25 bits per heavy atom. The standard InChI is InChI=1S/C26H15BrO/c27-19-13-17-6-2-3-7-20(17)23(15-19)18-10-12-25-24(14-18)22-11-9-16-5-1-4-8-21(16)26(22)28-25/h1-15H. The Morgan fingerprint density at radius 1 is 0.571 bits per heavy atom. The van der Waals surface area contributed by atoms with E-state index in [0.717, 1.165) is 31.8 Å². The van der Waals surface area contributed by atoms with Crippen LogP contribution in [0.25, 0.3) is 54.6 Å². The van der Waals surface area contributed by atoms with Gasteiger partial charge in [0.25, 0.3) is 0 Å². The molecule has 0 saturated carbocycles. The van der Waals surface area contributed by atoms with E-state index in [0.29, 0.717) is 0 Å². The Balaban J connectivity index is 1.68. The molecule has 0 bridgehead atoms. The van der Waals surface area contributed by atoms with Gasteiger partial charge in [0.1, 0.15) is 11.2 Å². The molecule has 6 aromatic rings. The molecule has 0 aliphatic heterocycles. The highest BCUT2D eigenvalue weighted by molar-refractivity contribution is 9.10. The number of hydrogen-bond acceptors (Lipinski definition) is 1. The zero-order chi connectivity index (χ0) is 18.7. The van der Waals surface area contributed by atoms with E-state index in [-0.39, 0.29) is 0 Å². The minimum atomic E-state index is 0.925. The zero-order valence-electron chi connectivity index (χ0n) is 14.9. The van der Waals surface area contributed by atoms with Crippen molar-refractivity contribution in [2.45, 2.75) is 0 Å². The lowest BCUT2D eigenvalue weighted by Gasteiger charge is -2.08. The molecule has 1 aromatic heterocycles. The summed E-state index contributed by atoms with van der Waals surface area (Å²) in [6, 6.07) is 32.1. The Bertz CT molecular complexity index is 1520. The fraction of sp³-hybridized carbons (Fsp3) is 0. The number of rotatable bonds is 1. The predicted molar refractivity (Wildman–Crippen MR) is 122 cm³/mol. The van der Waals surface area contributed by atoms with E-state index in [2.05, 4.69) is 107 Å². The van der Waals surface area contributed by atoms with Crippen molar-refractivity contribution in [1.82, 2.24) is 0 Å². The van der Waals surface area contributed by atoms with Gasteiger partial charge in [-0.1, -0.05) is 76.6 Å². The maximum atomic E-state index is 6.26. The second kappa shape index (κ2) is 5.95. The number of benzene rings is 5. The smallest absolute Gasteiger partial charge is 0.143 e. The monoisotopic (exact) mass is 422 g/mol. The molecule has 0 radical (unpaired) electrons. The van der Waals surface area contributed by atoms with E-state index in [4.69, 9.17) is 4.42 Å². The molecule has 1 nitrogen and oxygen atoms in total. The van der Waals surface area contributed by atoms with E-state index < -0.39 is 0 Å². The van der Waals surface area contributed by atoms with Gasteiger partial charge >= 0.3 is 0 Å². The second-order valence-electron chi connectivity index (χ2n) is 7.15. The number of hydrogen-bond donors (Lipinski definition) is 0. The molecule has 0 aliphatic carbocycles. The molecule has 0 unspecified atom stereocenters. The topological polar surface area (TPSA) is 13.1 Å². The van der Waals surface area contributed by atoms with E-state index in [1.54, 1.807) is 0 Å². The highest BCUT2D eigenvalue weighted by Gasteiger charge is 2.12. The summed E-state index contributed by atoms with van der Waals surface area (Å²) in [4.78, 5) is 0. The SMILES string of the molecule is Brc1cc(-c2ccc3oc4c5ccccc5ccc4c3c2)c2ccccc2c1. The van der Waals surface area contributed by atoms with Crippen molar-refractivity contribution in [2.75, 3.05) is 0 Å². The van der Waals surface area contributed by atoms with Crippen LogP contribution in [0.3, 0.4) is 0 Å². The molecule has 132 valence electrons. The minimum absolute atomic E-state index is 0.925. The van der Waals surface area contributed by atoms with Crippen LogP contribution in [0.2, 0.25) is 0 Å². The van der Waals surface area contributed by atoms with Gasteiger partial charge in [-0.3, -0.25) is 0 Å². The third-order valence-corrected chi connectivity index (χ3v) is 5.96. The highest BCUT2D eigenvalue weighted by atomic mass is 79.9. The van der Waals surface area contributed by atoms with Gasteiger partial charge in [0.05, 0.1) is 0 Å². The summed E-state index contributed by atoms with van der Waals surface area (Å²) in [7, 11) is 0. The van der Waals surface area contributed by atoms with Crippen molar-refractivity contribution in [3.63, 3.8) is 0 Å². The van der Waals surface area contributed by atoms with Crippen molar-refractivity contribution in [2.24, 2.45) is 0 Å². The Morgan fingerprint density at radius 2 is 1.36 bits per heavy atom.